The molecule has 0 radical (unpaired) electrons. The van der Waals surface area contributed by atoms with Crippen LogP contribution in [-0.2, 0) is 14.8 Å². The normalized spacial score (nSPS) is 16.2. The van der Waals surface area contributed by atoms with Gasteiger partial charge in [0.05, 0.1) is 30.8 Å². The van der Waals surface area contributed by atoms with Crippen LogP contribution >= 0.6 is 11.6 Å². The van der Waals surface area contributed by atoms with Crippen molar-refractivity contribution < 1.29 is 27.4 Å². The van der Waals surface area contributed by atoms with E-state index >= 15 is 0 Å². The average Bonchev–Trinajstić information content (AvgIpc) is 2.87. The molecule has 1 amide bonds. The van der Waals surface area contributed by atoms with Crippen molar-refractivity contribution in [1.82, 2.24) is 5.32 Å². The zero-order chi connectivity index (χ0) is 26.8. The summed E-state index contributed by atoms with van der Waals surface area (Å²) < 4.78 is 45.0. The summed E-state index contributed by atoms with van der Waals surface area (Å²) in [6, 6.07) is 17.3. The van der Waals surface area contributed by atoms with E-state index in [9.17, 15) is 13.2 Å². The Labute approximate surface area is 222 Å². The minimum Gasteiger partial charge on any atom is -0.497 e. The summed E-state index contributed by atoms with van der Waals surface area (Å²) in [7, 11) is -1.03. The molecule has 0 saturated heterocycles. The minimum absolute atomic E-state index is 0.0262. The number of hydrogen-bond donors (Lipinski definition) is 1. The highest BCUT2D eigenvalue weighted by atomic mass is 35.5. The van der Waals surface area contributed by atoms with Crippen molar-refractivity contribution >= 4 is 33.2 Å². The summed E-state index contributed by atoms with van der Waals surface area (Å²) in [5, 5.41) is 3.46. The van der Waals surface area contributed by atoms with Gasteiger partial charge in [-0.15, -0.1) is 0 Å². The number of fused-ring (bicyclic) bond motifs is 1. The van der Waals surface area contributed by atoms with Gasteiger partial charge in [-0.2, -0.15) is 0 Å². The highest BCUT2D eigenvalue weighted by Crippen LogP contribution is 2.41. The zero-order valence-corrected chi connectivity index (χ0v) is 22.6. The predicted molar refractivity (Wildman–Crippen MR) is 142 cm³/mol. The molecule has 0 fully saturated rings. The Morgan fingerprint density at radius 2 is 1.65 bits per heavy atom. The molecule has 10 heteroatoms. The smallest absolute Gasteiger partial charge is 0.264 e. The van der Waals surface area contributed by atoms with Crippen LogP contribution < -0.4 is 23.8 Å². The number of carbonyl (C=O) groups is 1. The lowest BCUT2D eigenvalue weighted by Crippen LogP contribution is -2.45. The molecule has 1 N–H and O–H groups in total. The number of nitrogens with one attached hydrogen (secondary N) is 1. The first-order valence-corrected chi connectivity index (χ1v) is 13.4. The maximum absolute atomic E-state index is 13.7. The van der Waals surface area contributed by atoms with Crippen LogP contribution in [0, 0.1) is 0 Å². The fourth-order valence-electron chi connectivity index (χ4n) is 4.26. The molecule has 1 atom stereocenters. The van der Waals surface area contributed by atoms with E-state index in [4.69, 9.17) is 25.8 Å². The van der Waals surface area contributed by atoms with Crippen molar-refractivity contribution in [2.45, 2.75) is 36.8 Å². The summed E-state index contributed by atoms with van der Waals surface area (Å²) >= 11 is 6.03. The van der Waals surface area contributed by atoms with Crippen molar-refractivity contribution in [3.8, 4) is 17.2 Å². The van der Waals surface area contributed by atoms with E-state index < -0.39 is 34.1 Å². The van der Waals surface area contributed by atoms with Gasteiger partial charge in [0.25, 0.3) is 10.0 Å². The molecule has 8 nitrogen and oxygen atoms in total. The quantitative estimate of drug-likeness (QED) is 0.430. The number of benzene rings is 3. The van der Waals surface area contributed by atoms with Crippen LogP contribution in [0.1, 0.15) is 31.9 Å². The Kier molecular flexibility index (Phi) is 7.57. The van der Waals surface area contributed by atoms with Crippen LogP contribution in [0.3, 0.4) is 0 Å². The van der Waals surface area contributed by atoms with Gasteiger partial charge in [0, 0.05) is 17.0 Å². The summed E-state index contributed by atoms with van der Waals surface area (Å²) in [5.41, 5.74) is 0.540. The monoisotopic (exact) mass is 544 g/mol. The van der Waals surface area contributed by atoms with E-state index in [1.165, 1.54) is 19.2 Å². The van der Waals surface area contributed by atoms with Gasteiger partial charge >= 0.3 is 0 Å². The molecular weight excluding hydrogens is 516 g/mol. The summed E-state index contributed by atoms with van der Waals surface area (Å²) in [6.07, 6.45) is 0.491. The standard InChI is InChI=1S/C27H29ClN2O6S/c1-27(2)16-24(23-15-21(35-4)11-14-25(23)36-27)29-26(31)17-30(19-7-5-18(28)6-8-19)37(32,33)22-12-9-20(34-3)10-13-22/h5-15,24H,16-17H2,1-4H3,(H,29,31). The van der Waals surface area contributed by atoms with Crippen molar-refractivity contribution in [2.75, 3.05) is 25.1 Å². The summed E-state index contributed by atoms with van der Waals surface area (Å²) in [6.45, 7) is 3.44. The second kappa shape index (κ2) is 10.5. The van der Waals surface area contributed by atoms with Gasteiger partial charge in [-0.3, -0.25) is 9.10 Å². The predicted octanol–water partition coefficient (Wildman–Crippen LogP) is 4.97. The maximum Gasteiger partial charge on any atom is 0.264 e. The fraction of sp³-hybridized carbons (Fsp3) is 0.296. The van der Waals surface area contributed by atoms with Crippen LogP contribution in [0.2, 0.25) is 5.02 Å². The highest BCUT2D eigenvalue weighted by molar-refractivity contribution is 7.92. The molecule has 3 aromatic rings. The number of methoxy groups -OCH3 is 2. The Balaban J connectivity index is 1.65. The number of halogens is 1. The third kappa shape index (κ3) is 5.94. The molecule has 0 saturated carbocycles. The van der Waals surface area contributed by atoms with E-state index in [2.05, 4.69) is 5.32 Å². The Morgan fingerprint density at radius 3 is 2.27 bits per heavy atom. The number of amides is 1. The molecule has 0 spiro atoms. The highest BCUT2D eigenvalue weighted by Gasteiger charge is 2.36. The molecule has 1 heterocycles. The van der Waals surface area contributed by atoms with E-state index in [0.29, 0.717) is 34.4 Å². The van der Waals surface area contributed by atoms with Gasteiger partial charge in [-0.1, -0.05) is 11.6 Å². The van der Waals surface area contributed by atoms with Gasteiger partial charge < -0.3 is 19.5 Å². The molecule has 196 valence electrons. The van der Waals surface area contributed by atoms with Gasteiger partial charge in [0.1, 0.15) is 29.4 Å². The number of anilines is 1. The Morgan fingerprint density at radius 1 is 1.03 bits per heavy atom. The molecule has 1 unspecified atom stereocenters. The second-order valence-corrected chi connectivity index (χ2v) is 11.6. The summed E-state index contributed by atoms with van der Waals surface area (Å²) in [4.78, 5) is 13.4. The first-order chi connectivity index (χ1) is 17.5. The number of sulfonamides is 1. The first-order valence-electron chi connectivity index (χ1n) is 11.6. The molecule has 0 aromatic heterocycles. The number of hydrogen-bond acceptors (Lipinski definition) is 6. The van der Waals surface area contributed by atoms with Crippen molar-refractivity contribution in [3.63, 3.8) is 0 Å². The third-order valence-corrected chi connectivity index (χ3v) is 8.10. The zero-order valence-electron chi connectivity index (χ0n) is 21.0. The molecule has 0 aliphatic carbocycles. The van der Waals surface area contributed by atoms with Gasteiger partial charge in [-0.05, 0) is 80.6 Å². The van der Waals surface area contributed by atoms with Crippen molar-refractivity contribution in [1.29, 1.82) is 0 Å². The van der Waals surface area contributed by atoms with Gasteiger partial charge in [0.2, 0.25) is 5.91 Å². The van der Waals surface area contributed by atoms with E-state index in [0.717, 1.165) is 9.87 Å². The molecule has 3 aromatic carbocycles. The molecular formula is C27H29ClN2O6S. The van der Waals surface area contributed by atoms with E-state index in [1.807, 2.05) is 26.0 Å². The lowest BCUT2D eigenvalue weighted by Gasteiger charge is -2.38. The number of rotatable bonds is 8. The lowest BCUT2D eigenvalue weighted by atomic mass is 9.89. The molecule has 37 heavy (non-hydrogen) atoms. The third-order valence-electron chi connectivity index (χ3n) is 6.06. The molecule has 1 aliphatic rings. The van der Waals surface area contributed by atoms with Gasteiger partial charge in [-0.25, -0.2) is 8.42 Å². The molecule has 1 aliphatic heterocycles. The Hall–Kier alpha value is -3.43. The average molecular weight is 545 g/mol. The number of nitrogens with zero attached hydrogens (tertiary/aromatic N) is 1. The summed E-state index contributed by atoms with van der Waals surface area (Å²) in [5.74, 6) is 1.32. The van der Waals surface area contributed by atoms with Crippen molar-refractivity contribution in [2.24, 2.45) is 0 Å². The number of ether oxygens (including phenoxy) is 3. The second-order valence-electron chi connectivity index (χ2n) is 9.25. The number of carbonyl (C=O) groups excluding carboxylic acids is 1. The first kappa shape index (κ1) is 26.6. The Bertz CT molecular complexity index is 1380. The lowest BCUT2D eigenvalue weighted by molar-refractivity contribution is -0.120. The van der Waals surface area contributed by atoms with Crippen LogP contribution in [0.25, 0.3) is 0 Å². The minimum atomic E-state index is -4.09. The fourth-order valence-corrected chi connectivity index (χ4v) is 5.80. The van der Waals surface area contributed by atoms with Gasteiger partial charge in [0.15, 0.2) is 0 Å². The van der Waals surface area contributed by atoms with Crippen LogP contribution in [-0.4, -0.2) is 40.7 Å². The maximum atomic E-state index is 13.7. The van der Waals surface area contributed by atoms with Crippen LogP contribution in [0.5, 0.6) is 17.2 Å². The largest absolute Gasteiger partial charge is 0.497 e. The SMILES string of the molecule is COc1ccc(S(=O)(=O)N(CC(=O)NC2CC(C)(C)Oc3ccc(OC)cc32)c2ccc(Cl)cc2)cc1. The molecule has 4 rings (SSSR count). The molecule has 0 bridgehead atoms. The van der Waals surface area contributed by atoms with Crippen molar-refractivity contribution in [3.05, 3.63) is 77.3 Å². The van der Waals surface area contributed by atoms with E-state index in [1.54, 1.807) is 49.6 Å². The topological polar surface area (TPSA) is 94.2 Å². The van der Waals surface area contributed by atoms with E-state index in [-0.39, 0.29) is 4.90 Å². The van der Waals surface area contributed by atoms with Crippen LogP contribution in [0.15, 0.2) is 71.6 Å². The van der Waals surface area contributed by atoms with Crippen LogP contribution in [0.4, 0.5) is 5.69 Å².